The Balaban J connectivity index is 2.80. The number of hydrogen-bond donors (Lipinski definition) is 1. The molecule has 1 rings (SSSR count). The van der Waals surface area contributed by atoms with Gasteiger partial charge in [0, 0.05) is 10.5 Å². The van der Waals surface area contributed by atoms with E-state index in [1.165, 1.54) is 22.0 Å². The standard InChI is InChI=1S/C15H22BrN/c1-4-6-7-8-15(17-5-2)13-11-12(3)9-10-14(13)16/h4,9-11,15,17H,1,5-8H2,2-3H3. The Bertz CT molecular complexity index is 360. The molecule has 0 bridgehead atoms. The monoisotopic (exact) mass is 295 g/mol. The first-order valence-electron chi connectivity index (χ1n) is 6.29. The largest absolute Gasteiger partial charge is 0.310 e. The molecule has 0 heterocycles. The van der Waals surface area contributed by atoms with Crippen molar-refractivity contribution >= 4 is 15.9 Å². The second kappa shape index (κ2) is 7.67. The quantitative estimate of drug-likeness (QED) is 0.565. The van der Waals surface area contributed by atoms with Gasteiger partial charge in [0.2, 0.25) is 0 Å². The molecule has 1 unspecified atom stereocenters. The highest BCUT2D eigenvalue weighted by atomic mass is 79.9. The summed E-state index contributed by atoms with van der Waals surface area (Å²) < 4.78 is 1.20. The number of nitrogens with one attached hydrogen (secondary N) is 1. The summed E-state index contributed by atoms with van der Waals surface area (Å²) >= 11 is 3.65. The average molecular weight is 296 g/mol. The molecule has 0 saturated carbocycles. The van der Waals surface area contributed by atoms with Crippen LogP contribution in [0.4, 0.5) is 0 Å². The number of unbranched alkanes of at least 4 members (excludes halogenated alkanes) is 1. The van der Waals surface area contributed by atoms with Gasteiger partial charge >= 0.3 is 0 Å². The van der Waals surface area contributed by atoms with E-state index in [1.54, 1.807) is 0 Å². The average Bonchev–Trinajstić information content (AvgIpc) is 2.32. The predicted molar refractivity (Wildman–Crippen MR) is 79.3 cm³/mol. The van der Waals surface area contributed by atoms with Crippen LogP contribution in [0.3, 0.4) is 0 Å². The summed E-state index contributed by atoms with van der Waals surface area (Å²) in [5, 5.41) is 3.56. The number of halogens is 1. The highest BCUT2D eigenvalue weighted by Crippen LogP contribution is 2.28. The number of hydrogen-bond acceptors (Lipinski definition) is 1. The van der Waals surface area contributed by atoms with Gasteiger partial charge in [-0.1, -0.05) is 46.6 Å². The summed E-state index contributed by atoms with van der Waals surface area (Å²) in [4.78, 5) is 0. The van der Waals surface area contributed by atoms with Crippen molar-refractivity contribution in [1.82, 2.24) is 5.32 Å². The maximum Gasteiger partial charge on any atom is 0.0331 e. The Kier molecular flexibility index (Phi) is 6.53. The van der Waals surface area contributed by atoms with Crippen molar-refractivity contribution in [2.45, 2.75) is 39.2 Å². The first kappa shape index (κ1) is 14.5. The first-order chi connectivity index (χ1) is 8.19. The van der Waals surface area contributed by atoms with Gasteiger partial charge in [0.15, 0.2) is 0 Å². The number of rotatable bonds is 7. The fourth-order valence-corrected chi connectivity index (χ4v) is 2.53. The highest BCUT2D eigenvalue weighted by molar-refractivity contribution is 9.10. The lowest BCUT2D eigenvalue weighted by atomic mass is 9.99. The summed E-state index contributed by atoms with van der Waals surface area (Å²) in [5.74, 6) is 0. The summed E-state index contributed by atoms with van der Waals surface area (Å²) in [6, 6.07) is 6.99. The van der Waals surface area contributed by atoms with Crippen LogP contribution in [0.25, 0.3) is 0 Å². The molecule has 1 N–H and O–H groups in total. The lowest BCUT2D eigenvalue weighted by molar-refractivity contribution is 0.498. The van der Waals surface area contributed by atoms with E-state index in [4.69, 9.17) is 0 Å². The molecular formula is C15H22BrN. The van der Waals surface area contributed by atoms with Gasteiger partial charge in [0.1, 0.15) is 0 Å². The lowest BCUT2D eigenvalue weighted by Gasteiger charge is -2.20. The van der Waals surface area contributed by atoms with Crippen LogP contribution in [-0.2, 0) is 0 Å². The van der Waals surface area contributed by atoms with Gasteiger partial charge in [-0.25, -0.2) is 0 Å². The molecule has 1 atom stereocenters. The molecule has 0 aliphatic heterocycles. The Morgan fingerprint density at radius 2 is 2.24 bits per heavy atom. The number of allylic oxidation sites excluding steroid dienone is 1. The molecule has 2 heteroatoms. The maximum atomic E-state index is 3.78. The third kappa shape index (κ3) is 4.64. The second-order valence-electron chi connectivity index (χ2n) is 4.35. The van der Waals surface area contributed by atoms with E-state index in [-0.39, 0.29) is 0 Å². The van der Waals surface area contributed by atoms with E-state index in [1.807, 2.05) is 6.08 Å². The van der Waals surface area contributed by atoms with E-state index >= 15 is 0 Å². The van der Waals surface area contributed by atoms with Crippen LogP contribution >= 0.6 is 15.9 Å². The van der Waals surface area contributed by atoms with Crippen LogP contribution in [0.2, 0.25) is 0 Å². The van der Waals surface area contributed by atoms with Gasteiger partial charge in [0.25, 0.3) is 0 Å². The zero-order chi connectivity index (χ0) is 12.7. The molecule has 0 radical (unpaired) electrons. The van der Waals surface area contributed by atoms with Crippen LogP contribution < -0.4 is 5.32 Å². The molecule has 0 saturated heterocycles. The van der Waals surface area contributed by atoms with Gasteiger partial charge in [-0.3, -0.25) is 0 Å². The zero-order valence-electron chi connectivity index (χ0n) is 10.8. The van der Waals surface area contributed by atoms with E-state index in [0.717, 1.165) is 19.4 Å². The van der Waals surface area contributed by atoms with Crippen molar-refractivity contribution in [2.24, 2.45) is 0 Å². The van der Waals surface area contributed by atoms with Crippen molar-refractivity contribution in [2.75, 3.05) is 6.54 Å². The van der Waals surface area contributed by atoms with E-state index in [0.29, 0.717) is 6.04 Å². The third-order valence-electron chi connectivity index (χ3n) is 2.88. The minimum atomic E-state index is 0.439. The van der Waals surface area contributed by atoms with Gasteiger partial charge < -0.3 is 5.32 Å². The fourth-order valence-electron chi connectivity index (χ4n) is 2.01. The lowest BCUT2D eigenvalue weighted by Crippen LogP contribution is -2.21. The molecule has 17 heavy (non-hydrogen) atoms. The summed E-state index contributed by atoms with van der Waals surface area (Å²) in [7, 11) is 0. The molecule has 0 aliphatic rings. The minimum absolute atomic E-state index is 0.439. The molecule has 0 aromatic heterocycles. The SMILES string of the molecule is C=CCCCC(NCC)c1cc(C)ccc1Br. The fraction of sp³-hybridized carbons (Fsp3) is 0.467. The second-order valence-corrected chi connectivity index (χ2v) is 5.21. The summed E-state index contributed by atoms with van der Waals surface area (Å²) in [6.07, 6.45) is 5.42. The number of benzene rings is 1. The first-order valence-corrected chi connectivity index (χ1v) is 7.08. The predicted octanol–water partition coefficient (Wildman–Crippen LogP) is 4.76. The van der Waals surface area contributed by atoms with Crippen molar-refractivity contribution < 1.29 is 0 Å². The van der Waals surface area contributed by atoms with E-state index in [9.17, 15) is 0 Å². The number of aryl methyl sites for hydroxylation is 1. The van der Waals surface area contributed by atoms with Gasteiger partial charge in [-0.2, -0.15) is 0 Å². The summed E-state index contributed by atoms with van der Waals surface area (Å²) in [5.41, 5.74) is 2.69. The van der Waals surface area contributed by atoms with Crippen molar-refractivity contribution in [1.29, 1.82) is 0 Å². The van der Waals surface area contributed by atoms with Crippen LogP contribution in [0.5, 0.6) is 0 Å². The van der Waals surface area contributed by atoms with Crippen LogP contribution in [0.15, 0.2) is 35.3 Å². The molecular weight excluding hydrogens is 274 g/mol. The highest BCUT2D eigenvalue weighted by Gasteiger charge is 2.12. The Morgan fingerprint density at radius 3 is 2.88 bits per heavy atom. The van der Waals surface area contributed by atoms with Crippen molar-refractivity contribution in [3.8, 4) is 0 Å². The van der Waals surface area contributed by atoms with Crippen molar-refractivity contribution in [3.63, 3.8) is 0 Å². The molecule has 0 fully saturated rings. The molecule has 1 nitrogen and oxygen atoms in total. The molecule has 1 aromatic rings. The molecule has 0 aliphatic carbocycles. The maximum absolute atomic E-state index is 3.78. The van der Waals surface area contributed by atoms with Crippen LogP contribution in [0, 0.1) is 6.92 Å². The van der Waals surface area contributed by atoms with Gasteiger partial charge in [-0.15, -0.1) is 6.58 Å². The topological polar surface area (TPSA) is 12.0 Å². The van der Waals surface area contributed by atoms with Gasteiger partial charge in [0.05, 0.1) is 0 Å². The minimum Gasteiger partial charge on any atom is -0.310 e. The molecule has 0 amide bonds. The van der Waals surface area contributed by atoms with Gasteiger partial charge in [-0.05, 0) is 44.4 Å². The Hall–Kier alpha value is -0.600. The van der Waals surface area contributed by atoms with Crippen LogP contribution in [0.1, 0.15) is 43.4 Å². The zero-order valence-corrected chi connectivity index (χ0v) is 12.4. The molecule has 94 valence electrons. The Morgan fingerprint density at radius 1 is 1.47 bits per heavy atom. The van der Waals surface area contributed by atoms with E-state index < -0.39 is 0 Å². The molecule has 0 spiro atoms. The smallest absolute Gasteiger partial charge is 0.0331 e. The Labute approximate surface area is 113 Å². The summed E-state index contributed by atoms with van der Waals surface area (Å²) in [6.45, 7) is 9.08. The van der Waals surface area contributed by atoms with Crippen LogP contribution in [-0.4, -0.2) is 6.54 Å². The van der Waals surface area contributed by atoms with Crippen molar-refractivity contribution in [3.05, 3.63) is 46.5 Å². The molecule has 1 aromatic carbocycles. The normalized spacial score (nSPS) is 12.4. The van der Waals surface area contributed by atoms with E-state index in [2.05, 4.69) is 59.9 Å². The third-order valence-corrected chi connectivity index (χ3v) is 3.60.